The molecule has 0 radical (unpaired) electrons. The maximum Gasteiger partial charge on any atom is 0.219 e. The monoisotopic (exact) mass is 228 g/mol. The fourth-order valence-electron chi connectivity index (χ4n) is 1.93. The molecule has 1 saturated heterocycles. The van der Waals surface area contributed by atoms with E-state index in [1.54, 1.807) is 0 Å². The van der Waals surface area contributed by atoms with Crippen LogP contribution in [0.2, 0.25) is 0 Å². The lowest BCUT2D eigenvalue weighted by molar-refractivity contribution is -0.121. The van der Waals surface area contributed by atoms with Crippen LogP contribution in [0.25, 0.3) is 0 Å². The lowest BCUT2D eigenvalue weighted by atomic mass is 10.1. The highest BCUT2D eigenvalue weighted by Crippen LogP contribution is 2.14. The van der Waals surface area contributed by atoms with Gasteiger partial charge in [0.05, 0.1) is 6.10 Å². The van der Waals surface area contributed by atoms with Gasteiger partial charge in [-0.1, -0.05) is 0 Å². The van der Waals surface area contributed by atoms with Gasteiger partial charge < -0.3 is 15.8 Å². The minimum absolute atomic E-state index is 0.143. The lowest BCUT2D eigenvalue weighted by Gasteiger charge is -2.22. The van der Waals surface area contributed by atoms with E-state index in [-0.39, 0.29) is 5.91 Å². The molecule has 0 bridgehead atoms. The fourth-order valence-corrected chi connectivity index (χ4v) is 1.93. The first-order chi connectivity index (χ1) is 7.83. The third-order valence-electron chi connectivity index (χ3n) is 2.92. The molecule has 4 nitrogen and oxygen atoms in total. The van der Waals surface area contributed by atoms with Gasteiger partial charge in [0.2, 0.25) is 5.91 Å². The average Bonchev–Trinajstić information content (AvgIpc) is 2.31. The summed E-state index contributed by atoms with van der Waals surface area (Å²) in [6.07, 6.45) is 7.31. The summed E-state index contributed by atoms with van der Waals surface area (Å²) >= 11 is 0. The molecule has 4 heteroatoms. The molecule has 1 unspecified atom stereocenters. The number of nitrogens with two attached hydrogens (primary N) is 1. The van der Waals surface area contributed by atoms with Gasteiger partial charge in [-0.25, -0.2) is 0 Å². The van der Waals surface area contributed by atoms with Crippen LogP contribution in [0.15, 0.2) is 0 Å². The van der Waals surface area contributed by atoms with Crippen LogP contribution in [-0.4, -0.2) is 31.7 Å². The molecule has 1 rings (SSSR count). The smallest absolute Gasteiger partial charge is 0.219 e. The summed E-state index contributed by atoms with van der Waals surface area (Å²) in [5, 5.41) is 2.93. The Bertz CT molecular complexity index is 191. The molecule has 1 aliphatic heterocycles. The van der Waals surface area contributed by atoms with Gasteiger partial charge in [0, 0.05) is 19.6 Å². The van der Waals surface area contributed by atoms with E-state index in [0.717, 1.165) is 38.8 Å². The lowest BCUT2D eigenvalue weighted by Crippen LogP contribution is -2.29. The number of nitrogens with one attached hydrogen (secondary N) is 1. The van der Waals surface area contributed by atoms with Crippen molar-refractivity contribution in [3.8, 4) is 0 Å². The molecule has 0 aromatic rings. The van der Waals surface area contributed by atoms with E-state index in [1.165, 1.54) is 12.8 Å². The zero-order valence-corrected chi connectivity index (χ0v) is 10.0. The van der Waals surface area contributed by atoms with Gasteiger partial charge in [-0.2, -0.15) is 0 Å². The van der Waals surface area contributed by atoms with E-state index in [4.69, 9.17) is 10.5 Å². The second kappa shape index (κ2) is 8.53. The summed E-state index contributed by atoms with van der Waals surface area (Å²) in [6, 6.07) is 0. The minimum Gasteiger partial charge on any atom is -0.378 e. The van der Waals surface area contributed by atoms with Crippen molar-refractivity contribution < 1.29 is 9.53 Å². The molecule has 94 valence electrons. The Hall–Kier alpha value is -0.610. The van der Waals surface area contributed by atoms with Gasteiger partial charge in [-0.05, 0) is 45.1 Å². The predicted molar refractivity (Wildman–Crippen MR) is 64.1 cm³/mol. The summed E-state index contributed by atoms with van der Waals surface area (Å²) in [6.45, 7) is 2.30. The van der Waals surface area contributed by atoms with E-state index in [9.17, 15) is 4.79 Å². The van der Waals surface area contributed by atoms with Crippen LogP contribution in [0.1, 0.15) is 44.9 Å². The Morgan fingerprint density at radius 1 is 1.38 bits per heavy atom. The van der Waals surface area contributed by atoms with E-state index >= 15 is 0 Å². The Morgan fingerprint density at radius 3 is 2.94 bits per heavy atom. The number of hydrogen-bond acceptors (Lipinski definition) is 3. The normalized spacial score (nSPS) is 20.7. The molecule has 1 fully saturated rings. The van der Waals surface area contributed by atoms with Gasteiger partial charge in [0.25, 0.3) is 0 Å². The largest absolute Gasteiger partial charge is 0.378 e. The maximum absolute atomic E-state index is 11.4. The molecule has 0 aliphatic carbocycles. The van der Waals surface area contributed by atoms with Crippen LogP contribution in [-0.2, 0) is 9.53 Å². The van der Waals surface area contributed by atoms with Crippen LogP contribution in [0.4, 0.5) is 0 Å². The number of carbonyl (C=O) groups excluding carboxylic acids is 1. The Kier molecular flexibility index (Phi) is 7.17. The van der Waals surface area contributed by atoms with Crippen molar-refractivity contribution in [2.45, 2.75) is 51.0 Å². The highest BCUT2D eigenvalue weighted by molar-refractivity contribution is 5.75. The third-order valence-corrected chi connectivity index (χ3v) is 2.92. The SMILES string of the molecule is NCCCCC(=O)NCCC1CCCCO1. The first kappa shape index (κ1) is 13.5. The molecule has 0 aromatic carbocycles. The van der Waals surface area contributed by atoms with Crippen LogP contribution < -0.4 is 11.1 Å². The number of hydrogen-bond donors (Lipinski definition) is 2. The zero-order valence-electron chi connectivity index (χ0n) is 10.0. The molecule has 0 spiro atoms. The van der Waals surface area contributed by atoms with Crippen molar-refractivity contribution in [3.63, 3.8) is 0 Å². The van der Waals surface area contributed by atoms with Crippen LogP contribution in [0.5, 0.6) is 0 Å². The fraction of sp³-hybridized carbons (Fsp3) is 0.917. The summed E-state index contributed by atoms with van der Waals surface area (Å²) < 4.78 is 5.59. The Morgan fingerprint density at radius 2 is 2.25 bits per heavy atom. The van der Waals surface area contributed by atoms with Crippen molar-refractivity contribution >= 4 is 5.91 Å². The summed E-state index contributed by atoms with van der Waals surface area (Å²) in [5.41, 5.74) is 5.36. The van der Waals surface area contributed by atoms with Gasteiger partial charge >= 0.3 is 0 Å². The van der Waals surface area contributed by atoms with Crippen molar-refractivity contribution in [3.05, 3.63) is 0 Å². The Balaban J connectivity index is 1.94. The summed E-state index contributed by atoms with van der Waals surface area (Å²) in [5.74, 6) is 0.143. The minimum atomic E-state index is 0.143. The summed E-state index contributed by atoms with van der Waals surface area (Å²) in [7, 11) is 0. The predicted octanol–water partition coefficient (Wildman–Crippen LogP) is 1.19. The van der Waals surface area contributed by atoms with Crippen molar-refractivity contribution in [2.75, 3.05) is 19.7 Å². The molecule has 1 aliphatic rings. The van der Waals surface area contributed by atoms with Gasteiger partial charge in [0.1, 0.15) is 0 Å². The highest BCUT2D eigenvalue weighted by Gasteiger charge is 2.13. The number of rotatable bonds is 7. The summed E-state index contributed by atoms with van der Waals surface area (Å²) in [4.78, 5) is 11.4. The van der Waals surface area contributed by atoms with Crippen LogP contribution in [0, 0.1) is 0 Å². The second-order valence-electron chi connectivity index (χ2n) is 4.37. The van der Waals surface area contributed by atoms with Crippen molar-refractivity contribution in [2.24, 2.45) is 5.73 Å². The third kappa shape index (κ3) is 6.08. The van der Waals surface area contributed by atoms with E-state index in [2.05, 4.69) is 5.32 Å². The topological polar surface area (TPSA) is 64.4 Å². The molecule has 16 heavy (non-hydrogen) atoms. The number of amides is 1. The molecule has 1 amide bonds. The molecule has 3 N–H and O–H groups in total. The van der Waals surface area contributed by atoms with Crippen LogP contribution >= 0.6 is 0 Å². The first-order valence-corrected chi connectivity index (χ1v) is 6.41. The van der Waals surface area contributed by atoms with E-state index in [1.807, 2.05) is 0 Å². The second-order valence-corrected chi connectivity index (χ2v) is 4.37. The molecular weight excluding hydrogens is 204 g/mol. The maximum atomic E-state index is 11.4. The van der Waals surface area contributed by atoms with E-state index < -0.39 is 0 Å². The molecular formula is C12H24N2O2. The average molecular weight is 228 g/mol. The Labute approximate surface area is 97.9 Å². The molecule has 0 saturated carbocycles. The zero-order chi connectivity index (χ0) is 11.6. The van der Waals surface area contributed by atoms with Gasteiger partial charge in [0.15, 0.2) is 0 Å². The van der Waals surface area contributed by atoms with Gasteiger partial charge in [-0.15, -0.1) is 0 Å². The molecule has 1 heterocycles. The van der Waals surface area contributed by atoms with Crippen molar-refractivity contribution in [1.82, 2.24) is 5.32 Å². The quantitative estimate of drug-likeness (QED) is 0.643. The number of carbonyl (C=O) groups is 1. The van der Waals surface area contributed by atoms with E-state index in [0.29, 0.717) is 19.1 Å². The highest BCUT2D eigenvalue weighted by atomic mass is 16.5. The van der Waals surface area contributed by atoms with Gasteiger partial charge in [-0.3, -0.25) is 4.79 Å². The molecule has 1 atom stereocenters. The number of ether oxygens (including phenoxy) is 1. The standard InChI is InChI=1S/C12H24N2O2/c13-8-3-1-6-12(15)14-9-7-11-5-2-4-10-16-11/h11H,1-10,13H2,(H,14,15). The van der Waals surface area contributed by atoms with Crippen LogP contribution in [0.3, 0.4) is 0 Å². The van der Waals surface area contributed by atoms with Crippen molar-refractivity contribution in [1.29, 1.82) is 0 Å². The number of unbranched alkanes of at least 4 members (excludes halogenated alkanes) is 1. The molecule has 0 aromatic heterocycles. The first-order valence-electron chi connectivity index (χ1n) is 6.41.